The number of nitrogens with one attached hydrogen (secondary N) is 1. The molecule has 0 amide bonds. The Labute approximate surface area is 73.8 Å². The summed E-state index contributed by atoms with van der Waals surface area (Å²) in [7, 11) is 1.81. The van der Waals surface area contributed by atoms with Crippen LogP contribution in [0.25, 0.3) is 0 Å². The molecule has 12 heavy (non-hydrogen) atoms. The van der Waals surface area contributed by atoms with Crippen molar-refractivity contribution in [3.8, 4) is 0 Å². The van der Waals surface area contributed by atoms with Crippen LogP contribution in [0.3, 0.4) is 0 Å². The van der Waals surface area contributed by atoms with Crippen LogP contribution in [0, 0.1) is 0 Å². The minimum atomic E-state index is -0.214. The molecule has 0 aromatic carbocycles. The molecule has 0 saturated carbocycles. The molecule has 3 heteroatoms. The van der Waals surface area contributed by atoms with Gasteiger partial charge in [-0.3, -0.25) is 0 Å². The number of ether oxygens (including phenoxy) is 1. The standard InChI is InChI=1S/C9H17NO2/c1-4-6-8(7-10-3)9(11)12-5-2/h6,10H,4-5,7H2,1-3H3. The molecular formula is C9H17NO2. The fourth-order valence-corrected chi connectivity index (χ4v) is 0.888. The van der Waals surface area contributed by atoms with Gasteiger partial charge < -0.3 is 10.1 Å². The molecule has 0 spiro atoms. The normalized spacial score (nSPS) is 11.4. The number of rotatable bonds is 5. The predicted octanol–water partition coefficient (Wildman–Crippen LogP) is 1.11. The SMILES string of the molecule is CCC=C(CNC)C(=O)OCC. The van der Waals surface area contributed by atoms with Gasteiger partial charge in [-0.1, -0.05) is 13.0 Å². The summed E-state index contributed by atoms with van der Waals surface area (Å²) < 4.78 is 4.86. The Hall–Kier alpha value is -0.830. The molecule has 0 fully saturated rings. The molecule has 70 valence electrons. The highest BCUT2D eigenvalue weighted by Crippen LogP contribution is 1.98. The van der Waals surface area contributed by atoms with Gasteiger partial charge in [-0.25, -0.2) is 4.79 Å². The molecule has 0 saturated heterocycles. The number of carbonyl (C=O) groups is 1. The van der Waals surface area contributed by atoms with E-state index in [1.807, 2.05) is 20.0 Å². The van der Waals surface area contributed by atoms with Gasteiger partial charge in [0.25, 0.3) is 0 Å². The lowest BCUT2D eigenvalue weighted by Crippen LogP contribution is -2.18. The zero-order valence-corrected chi connectivity index (χ0v) is 8.02. The summed E-state index contributed by atoms with van der Waals surface area (Å²) in [5.74, 6) is -0.214. The molecule has 0 bridgehead atoms. The van der Waals surface area contributed by atoms with Gasteiger partial charge in [-0.15, -0.1) is 0 Å². The van der Waals surface area contributed by atoms with Crippen molar-refractivity contribution in [2.24, 2.45) is 0 Å². The van der Waals surface area contributed by atoms with Crippen molar-refractivity contribution in [1.29, 1.82) is 0 Å². The highest BCUT2D eigenvalue weighted by molar-refractivity contribution is 5.88. The van der Waals surface area contributed by atoms with Crippen LogP contribution in [-0.4, -0.2) is 26.2 Å². The lowest BCUT2D eigenvalue weighted by molar-refractivity contribution is -0.138. The Morgan fingerprint density at radius 1 is 1.50 bits per heavy atom. The Kier molecular flexibility index (Phi) is 6.38. The number of likely N-dealkylation sites (N-methyl/N-ethyl adjacent to an activating group) is 1. The maximum atomic E-state index is 11.2. The minimum Gasteiger partial charge on any atom is -0.463 e. The second kappa shape index (κ2) is 6.85. The third kappa shape index (κ3) is 4.13. The first kappa shape index (κ1) is 11.2. The van der Waals surface area contributed by atoms with E-state index in [4.69, 9.17) is 4.74 Å². The zero-order chi connectivity index (χ0) is 9.40. The first-order chi connectivity index (χ1) is 5.76. The summed E-state index contributed by atoms with van der Waals surface area (Å²) in [6.07, 6.45) is 2.74. The number of carbonyl (C=O) groups excluding carboxylic acids is 1. The van der Waals surface area contributed by atoms with Crippen LogP contribution >= 0.6 is 0 Å². The molecular weight excluding hydrogens is 154 g/mol. The molecule has 0 aromatic rings. The number of hydrogen-bond donors (Lipinski definition) is 1. The van der Waals surface area contributed by atoms with Crippen LogP contribution in [0.2, 0.25) is 0 Å². The fraction of sp³-hybridized carbons (Fsp3) is 0.667. The van der Waals surface area contributed by atoms with Gasteiger partial charge in [-0.2, -0.15) is 0 Å². The maximum Gasteiger partial charge on any atom is 0.334 e. The summed E-state index contributed by atoms with van der Waals surface area (Å²) in [6, 6.07) is 0. The van der Waals surface area contributed by atoms with Crippen LogP contribution < -0.4 is 5.32 Å². The summed E-state index contributed by atoms with van der Waals surface area (Å²) >= 11 is 0. The Balaban J connectivity index is 4.09. The average molecular weight is 171 g/mol. The van der Waals surface area contributed by atoms with Gasteiger partial charge >= 0.3 is 5.97 Å². The van der Waals surface area contributed by atoms with Crippen molar-refractivity contribution in [2.45, 2.75) is 20.3 Å². The van der Waals surface area contributed by atoms with E-state index in [9.17, 15) is 4.79 Å². The van der Waals surface area contributed by atoms with Crippen LogP contribution in [-0.2, 0) is 9.53 Å². The third-order valence-corrected chi connectivity index (χ3v) is 1.36. The quantitative estimate of drug-likeness (QED) is 0.497. The second-order valence-corrected chi connectivity index (χ2v) is 2.39. The molecule has 0 radical (unpaired) electrons. The van der Waals surface area contributed by atoms with Crippen molar-refractivity contribution in [2.75, 3.05) is 20.2 Å². The smallest absolute Gasteiger partial charge is 0.334 e. The Bertz CT molecular complexity index is 164. The molecule has 0 unspecified atom stereocenters. The van der Waals surface area contributed by atoms with E-state index in [0.29, 0.717) is 18.7 Å². The molecule has 0 aromatic heterocycles. The largest absolute Gasteiger partial charge is 0.463 e. The first-order valence-electron chi connectivity index (χ1n) is 4.27. The van der Waals surface area contributed by atoms with Gasteiger partial charge in [0, 0.05) is 12.1 Å². The van der Waals surface area contributed by atoms with E-state index in [-0.39, 0.29) is 5.97 Å². The maximum absolute atomic E-state index is 11.2. The van der Waals surface area contributed by atoms with E-state index >= 15 is 0 Å². The lowest BCUT2D eigenvalue weighted by atomic mass is 10.2. The molecule has 0 aliphatic carbocycles. The third-order valence-electron chi connectivity index (χ3n) is 1.36. The number of allylic oxidation sites excluding steroid dienone is 1. The molecule has 3 nitrogen and oxygen atoms in total. The predicted molar refractivity (Wildman–Crippen MR) is 48.9 cm³/mol. The highest BCUT2D eigenvalue weighted by atomic mass is 16.5. The van der Waals surface area contributed by atoms with Crippen molar-refractivity contribution >= 4 is 5.97 Å². The van der Waals surface area contributed by atoms with E-state index in [1.165, 1.54) is 0 Å². The van der Waals surface area contributed by atoms with Gasteiger partial charge in [-0.05, 0) is 20.4 Å². The van der Waals surface area contributed by atoms with E-state index < -0.39 is 0 Å². The zero-order valence-electron chi connectivity index (χ0n) is 8.02. The van der Waals surface area contributed by atoms with Gasteiger partial charge in [0.1, 0.15) is 0 Å². The van der Waals surface area contributed by atoms with Crippen LogP contribution in [0.4, 0.5) is 0 Å². The number of hydrogen-bond acceptors (Lipinski definition) is 3. The molecule has 0 atom stereocenters. The fourth-order valence-electron chi connectivity index (χ4n) is 0.888. The summed E-state index contributed by atoms with van der Waals surface area (Å²) in [5.41, 5.74) is 0.710. The van der Waals surface area contributed by atoms with Gasteiger partial charge in [0.05, 0.1) is 6.61 Å². The van der Waals surface area contributed by atoms with Crippen molar-refractivity contribution in [3.05, 3.63) is 11.6 Å². The average Bonchev–Trinajstić information content (AvgIpc) is 2.04. The van der Waals surface area contributed by atoms with Crippen molar-refractivity contribution in [3.63, 3.8) is 0 Å². The van der Waals surface area contributed by atoms with Gasteiger partial charge in [0.2, 0.25) is 0 Å². The Morgan fingerprint density at radius 3 is 2.58 bits per heavy atom. The van der Waals surface area contributed by atoms with E-state index in [2.05, 4.69) is 5.32 Å². The van der Waals surface area contributed by atoms with Gasteiger partial charge in [0.15, 0.2) is 0 Å². The molecule has 0 heterocycles. The number of esters is 1. The topological polar surface area (TPSA) is 38.3 Å². The highest BCUT2D eigenvalue weighted by Gasteiger charge is 2.07. The molecule has 1 N–H and O–H groups in total. The Morgan fingerprint density at radius 2 is 2.17 bits per heavy atom. The minimum absolute atomic E-state index is 0.214. The molecule has 0 aliphatic heterocycles. The first-order valence-corrected chi connectivity index (χ1v) is 4.27. The van der Waals surface area contributed by atoms with E-state index in [0.717, 1.165) is 6.42 Å². The molecule has 0 rings (SSSR count). The van der Waals surface area contributed by atoms with Crippen LogP contribution in [0.15, 0.2) is 11.6 Å². The summed E-state index contributed by atoms with van der Waals surface area (Å²) in [4.78, 5) is 11.2. The summed E-state index contributed by atoms with van der Waals surface area (Å²) in [6.45, 7) is 4.81. The monoisotopic (exact) mass is 171 g/mol. The van der Waals surface area contributed by atoms with Crippen LogP contribution in [0.5, 0.6) is 0 Å². The summed E-state index contributed by atoms with van der Waals surface area (Å²) in [5, 5.41) is 2.92. The lowest BCUT2D eigenvalue weighted by Gasteiger charge is -2.05. The molecule has 0 aliphatic rings. The van der Waals surface area contributed by atoms with E-state index in [1.54, 1.807) is 6.92 Å². The van der Waals surface area contributed by atoms with Crippen molar-refractivity contribution < 1.29 is 9.53 Å². The van der Waals surface area contributed by atoms with Crippen molar-refractivity contribution in [1.82, 2.24) is 5.32 Å². The van der Waals surface area contributed by atoms with Crippen LogP contribution in [0.1, 0.15) is 20.3 Å². The second-order valence-electron chi connectivity index (χ2n) is 2.39.